The molecule has 0 aromatic carbocycles. The third-order valence-electron chi connectivity index (χ3n) is 5.27. The van der Waals surface area contributed by atoms with Gasteiger partial charge in [-0.15, -0.1) is 0 Å². The van der Waals surface area contributed by atoms with Crippen molar-refractivity contribution in [1.82, 2.24) is 19.7 Å². The van der Waals surface area contributed by atoms with Crippen molar-refractivity contribution in [2.45, 2.75) is 51.7 Å². The molecule has 1 fully saturated rings. The third-order valence-corrected chi connectivity index (χ3v) is 5.27. The first-order valence-corrected chi connectivity index (χ1v) is 9.77. The van der Waals surface area contributed by atoms with Crippen LogP contribution >= 0.6 is 0 Å². The fourth-order valence-electron chi connectivity index (χ4n) is 3.56. The number of rotatable bonds is 5. The van der Waals surface area contributed by atoms with E-state index in [1.807, 2.05) is 6.92 Å². The van der Waals surface area contributed by atoms with Crippen molar-refractivity contribution in [3.8, 4) is 5.82 Å². The monoisotopic (exact) mass is 424 g/mol. The molecule has 1 unspecified atom stereocenters. The Morgan fingerprint density at radius 1 is 1.23 bits per heavy atom. The van der Waals surface area contributed by atoms with E-state index in [1.165, 1.54) is 16.9 Å². The minimum atomic E-state index is -4.49. The standard InChI is InChI=1S/C20H23F3N4O3/c1-3-15-6-4-5-9-26(15)18(28)12-30-19(29)16-11-25-27(13(16)2)17-8-7-14(10-24-17)20(21,22)23/h7-8,10-11,15H,3-6,9,12H2,1-2H3. The van der Waals surface area contributed by atoms with Gasteiger partial charge in [-0.1, -0.05) is 6.92 Å². The minimum absolute atomic E-state index is 0.121. The summed E-state index contributed by atoms with van der Waals surface area (Å²) >= 11 is 0. The molecule has 1 aliphatic heterocycles. The number of hydrogen-bond acceptors (Lipinski definition) is 5. The van der Waals surface area contributed by atoms with Gasteiger partial charge < -0.3 is 9.64 Å². The number of hydrogen-bond donors (Lipinski definition) is 0. The highest BCUT2D eigenvalue weighted by Gasteiger charge is 2.31. The molecular weight excluding hydrogens is 401 g/mol. The second kappa shape index (κ2) is 8.85. The van der Waals surface area contributed by atoms with Crippen LogP contribution in [0.15, 0.2) is 24.5 Å². The van der Waals surface area contributed by atoms with Crippen LogP contribution in [-0.4, -0.2) is 50.7 Å². The Labute approximate surface area is 171 Å². The van der Waals surface area contributed by atoms with E-state index in [4.69, 9.17) is 4.74 Å². The summed E-state index contributed by atoms with van der Waals surface area (Å²) in [4.78, 5) is 30.4. The number of piperidine rings is 1. The Balaban J connectivity index is 1.66. The number of alkyl halides is 3. The first kappa shape index (κ1) is 21.8. The molecule has 2 aromatic rings. The van der Waals surface area contributed by atoms with Crippen molar-refractivity contribution >= 4 is 11.9 Å². The second-order valence-corrected chi connectivity index (χ2v) is 7.18. The summed E-state index contributed by atoms with van der Waals surface area (Å²) in [5.41, 5.74) is -0.406. The number of carbonyl (C=O) groups is 2. The average molecular weight is 424 g/mol. The van der Waals surface area contributed by atoms with E-state index in [2.05, 4.69) is 10.1 Å². The molecule has 7 nitrogen and oxygen atoms in total. The van der Waals surface area contributed by atoms with Gasteiger partial charge in [0.1, 0.15) is 5.56 Å². The lowest BCUT2D eigenvalue weighted by atomic mass is 10.00. The highest BCUT2D eigenvalue weighted by molar-refractivity contribution is 5.92. The fraction of sp³-hybridized carbons (Fsp3) is 0.500. The molecule has 1 aliphatic rings. The first-order valence-electron chi connectivity index (χ1n) is 9.77. The van der Waals surface area contributed by atoms with Gasteiger partial charge in [0.05, 0.1) is 17.5 Å². The zero-order valence-electron chi connectivity index (χ0n) is 16.8. The zero-order valence-corrected chi connectivity index (χ0v) is 16.8. The van der Waals surface area contributed by atoms with Crippen LogP contribution < -0.4 is 0 Å². The predicted octanol–water partition coefficient (Wildman–Crippen LogP) is 3.54. The molecule has 3 heterocycles. The maximum atomic E-state index is 12.7. The molecule has 0 N–H and O–H groups in total. The summed E-state index contributed by atoms with van der Waals surface area (Å²) in [6, 6.07) is 2.23. The van der Waals surface area contributed by atoms with Crippen molar-refractivity contribution in [3.63, 3.8) is 0 Å². The molecule has 30 heavy (non-hydrogen) atoms. The van der Waals surface area contributed by atoms with E-state index >= 15 is 0 Å². The lowest BCUT2D eigenvalue weighted by Crippen LogP contribution is -2.45. The number of esters is 1. The predicted molar refractivity (Wildman–Crippen MR) is 101 cm³/mol. The first-order chi connectivity index (χ1) is 14.2. The third kappa shape index (κ3) is 4.63. The van der Waals surface area contributed by atoms with Gasteiger partial charge >= 0.3 is 12.1 Å². The lowest BCUT2D eigenvalue weighted by Gasteiger charge is -2.35. The maximum Gasteiger partial charge on any atom is 0.417 e. The van der Waals surface area contributed by atoms with E-state index in [0.29, 0.717) is 18.4 Å². The van der Waals surface area contributed by atoms with Crippen LogP contribution in [0.4, 0.5) is 13.2 Å². The molecule has 0 radical (unpaired) electrons. The van der Waals surface area contributed by atoms with Crippen LogP contribution in [0.5, 0.6) is 0 Å². The summed E-state index contributed by atoms with van der Waals surface area (Å²) in [5, 5.41) is 4.02. The Hall–Kier alpha value is -2.91. The van der Waals surface area contributed by atoms with Crippen LogP contribution in [0.1, 0.15) is 54.2 Å². The normalized spacial score (nSPS) is 17.1. The summed E-state index contributed by atoms with van der Waals surface area (Å²) in [6.07, 6.45) is 1.28. The summed E-state index contributed by atoms with van der Waals surface area (Å²) in [6.45, 7) is 3.89. The van der Waals surface area contributed by atoms with Gasteiger partial charge in [-0.05, 0) is 44.7 Å². The average Bonchev–Trinajstić information content (AvgIpc) is 3.12. The zero-order chi connectivity index (χ0) is 21.9. The maximum absolute atomic E-state index is 12.7. The number of likely N-dealkylation sites (tertiary alicyclic amines) is 1. The Kier molecular flexibility index (Phi) is 6.42. The quantitative estimate of drug-likeness (QED) is 0.686. The van der Waals surface area contributed by atoms with Gasteiger partial charge in [0.25, 0.3) is 5.91 Å². The van der Waals surface area contributed by atoms with E-state index in [9.17, 15) is 22.8 Å². The van der Waals surface area contributed by atoms with Crippen LogP contribution in [-0.2, 0) is 15.7 Å². The number of carbonyl (C=O) groups excluding carboxylic acids is 2. The molecule has 1 atom stereocenters. The molecule has 1 amide bonds. The molecule has 162 valence electrons. The smallest absolute Gasteiger partial charge is 0.417 e. The number of halogens is 3. The van der Waals surface area contributed by atoms with E-state index in [1.54, 1.807) is 11.8 Å². The molecule has 0 aliphatic carbocycles. The highest BCUT2D eigenvalue weighted by Crippen LogP contribution is 2.29. The van der Waals surface area contributed by atoms with E-state index in [-0.39, 0.29) is 29.9 Å². The number of aromatic nitrogens is 3. The Morgan fingerprint density at radius 3 is 2.63 bits per heavy atom. The van der Waals surface area contributed by atoms with Crippen molar-refractivity contribution in [3.05, 3.63) is 41.3 Å². The number of amides is 1. The summed E-state index contributed by atoms with van der Waals surface area (Å²) < 4.78 is 44.5. The fourth-order valence-corrected chi connectivity index (χ4v) is 3.56. The van der Waals surface area contributed by atoms with E-state index < -0.39 is 17.7 Å². The Morgan fingerprint density at radius 2 is 2.00 bits per heavy atom. The van der Waals surface area contributed by atoms with Crippen LogP contribution in [0.25, 0.3) is 5.82 Å². The molecule has 1 saturated heterocycles. The Bertz CT molecular complexity index is 909. The SMILES string of the molecule is CCC1CCCCN1C(=O)COC(=O)c1cnn(-c2ccc(C(F)(F)F)cn2)c1C. The second-order valence-electron chi connectivity index (χ2n) is 7.18. The van der Waals surface area contributed by atoms with Gasteiger partial charge in [0.15, 0.2) is 12.4 Å². The van der Waals surface area contributed by atoms with Gasteiger partial charge in [-0.2, -0.15) is 18.3 Å². The summed E-state index contributed by atoms with van der Waals surface area (Å²) in [7, 11) is 0. The van der Waals surface area contributed by atoms with E-state index in [0.717, 1.165) is 31.7 Å². The van der Waals surface area contributed by atoms with Gasteiger partial charge in [-0.25, -0.2) is 14.5 Å². The van der Waals surface area contributed by atoms with Gasteiger partial charge in [0, 0.05) is 18.8 Å². The van der Waals surface area contributed by atoms with Crippen LogP contribution in [0.2, 0.25) is 0 Å². The van der Waals surface area contributed by atoms with Gasteiger partial charge in [0.2, 0.25) is 0 Å². The number of ether oxygens (including phenoxy) is 1. The molecule has 0 saturated carbocycles. The van der Waals surface area contributed by atoms with Crippen molar-refractivity contribution < 1.29 is 27.5 Å². The summed E-state index contributed by atoms with van der Waals surface area (Å²) in [5.74, 6) is -0.817. The molecule has 3 rings (SSSR count). The molecular formula is C20H23F3N4O3. The number of pyridine rings is 1. The molecule has 10 heteroatoms. The molecule has 0 spiro atoms. The molecule has 2 aromatic heterocycles. The molecule has 0 bridgehead atoms. The minimum Gasteiger partial charge on any atom is -0.452 e. The largest absolute Gasteiger partial charge is 0.452 e. The van der Waals surface area contributed by atoms with Crippen LogP contribution in [0, 0.1) is 6.92 Å². The van der Waals surface area contributed by atoms with Crippen molar-refractivity contribution in [2.75, 3.05) is 13.2 Å². The highest BCUT2D eigenvalue weighted by atomic mass is 19.4. The lowest BCUT2D eigenvalue weighted by molar-refractivity contribution is -0.138. The van der Waals surface area contributed by atoms with Crippen molar-refractivity contribution in [2.24, 2.45) is 0 Å². The van der Waals surface area contributed by atoms with Crippen molar-refractivity contribution in [1.29, 1.82) is 0 Å². The topological polar surface area (TPSA) is 77.3 Å². The number of nitrogens with zero attached hydrogens (tertiary/aromatic N) is 4. The van der Waals surface area contributed by atoms with Crippen LogP contribution in [0.3, 0.4) is 0 Å². The van der Waals surface area contributed by atoms with Gasteiger partial charge in [-0.3, -0.25) is 4.79 Å².